The van der Waals surface area contributed by atoms with Gasteiger partial charge >= 0.3 is 0 Å². The second-order valence-corrected chi connectivity index (χ2v) is 5.45. The number of nitrogens with zero attached hydrogens (tertiary/aromatic N) is 1. The minimum atomic E-state index is 0.297. The Morgan fingerprint density at radius 1 is 1.24 bits per heavy atom. The van der Waals surface area contributed by atoms with Crippen LogP contribution in [-0.4, -0.2) is 11.5 Å². The fourth-order valence-corrected chi connectivity index (χ4v) is 2.12. The van der Waals surface area contributed by atoms with Crippen molar-refractivity contribution < 1.29 is 4.74 Å². The summed E-state index contributed by atoms with van der Waals surface area (Å²) in [6.07, 6.45) is 2.91. The molecule has 112 valence electrons. The molecule has 0 saturated carbocycles. The van der Waals surface area contributed by atoms with Crippen LogP contribution in [-0.2, 0) is 6.61 Å². The topological polar surface area (TPSA) is 34.2 Å². The van der Waals surface area contributed by atoms with Crippen molar-refractivity contribution in [2.24, 2.45) is 0 Å². The van der Waals surface area contributed by atoms with Crippen LogP contribution in [0, 0.1) is 0 Å². The number of pyridine rings is 1. The van der Waals surface area contributed by atoms with Crippen LogP contribution in [0.25, 0.3) is 0 Å². The van der Waals surface area contributed by atoms with Crippen molar-refractivity contribution in [1.82, 2.24) is 10.3 Å². The summed E-state index contributed by atoms with van der Waals surface area (Å²) in [4.78, 5) is 4.26. The lowest BCUT2D eigenvalue weighted by Gasteiger charge is -2.14. The third kappa shape index (κ3) is 5.03. The molecule has 3 nitrogen and oxygen atoms in total. The third-order valence-electron chi connectivity index (χ3n) is 3.26. The minimum absolute atomic E-state index is 0.297. The van der Waals surface area contributed by atoms with Crippen LogP contribution < -0.4 is 10.1 Å². The summed E-state index contributed by atoms with van der Waals surface area (Å²) in [5, 5.41) is 4.19. The first-order chi connectivity index (χ1) is 10.2. The van der Waals surface area contributed by atoms with Gasteiger partial charge in [-0.1, -0.05) is 30.7 Å². The van der Waals surface area contributed by atoms with Gasteiger partial charge in [-0.2, -0.15) is 0 Å². The number of halogens is 1. The molecule has 1 unspecified atom stereocenters. The highest BCUT2D eigenvalue weighted by Crippen LogP contribution is 2.18. The summed E-state index contributed by atoms with van der Waals surface area (Å²) < 4.78 is 5.75. The zero-order chi connectivity index (χ0) is 15.1. The van der Waals surface area contributed by atoms with Gasteiger partial charge in [-0.15, -0.1) is 0 Å². The maximum atomic E-state index is 5.87. The van der Waals surface area contributed by atoms with Gasteiger partial charge in [0.15, 0.2) is 0 Å². The Kier molecular flexibility index (Phi) is 6.03. The highest BCUT2D eigenvalue weighted by atomic mass is 35.5. The summed E-state index contributed by atoms with van der Waals surface area (Å²) in [7, 11) is 0. The molecular weight excluding hydrogens is 284 g/mol. The molecule has 4 heteroatoms. The first-order valence-electron chi connectivity index (χ1n) is 7.25. The van der Waals surface area contributed by atoms with Gasteiger partial charge in [-0.05, 0) is 49.2 Å². The number of aromatic nitrogens is 1. The summed E-state index contributed by atoms with van der Waals surface area (Å²) >= 11 is 5.87. The molecule has 1 aromatic heterocycles. The normalized spacial score (nSPS) is 12.1. The molecular formula is C17H21ClN2O. The first kappa shape index (κ1) is 15.8. The molecule has 2 rings (SSSR count). The molecule has 1 atom stereocenters. The van der Waals surface area contributed by atoms with Gasteiger partial charge in [0.05, 0.1) is 0 Å². The zero-order valence-electron chi connectivity index (χ0n) is 12.5. The SMILES string of the molecule is CCCNC(C)c1ccnc(OCc2ccc(Cl)cc2)c1. The van der Waals surface area contributed by atoms with E-state index in [0.29, 0.717) is 18.5 Å². The van der Waals surface area contributed by atoms with E-state index in [1.165, 1.54) is 5.56 Å². The van der Waals surface area contributed by atoms with E-state index < -0.39 is 0 Å². The van der Waals surface area contributed by atoms with E-state index in [0.717, 1.165) is 23.6 Å². The lowest BCUT2D eigenvalue weighted by Crippen LogP contribution is -2.19. The van der Waals surface area contributed by atoms with Crippen molar-refractivity contribution in [3.63, 3.8) is 0 Å². The molecule has 0 radical (unpaired) electrons. The molecule has 2 aromatic rings. The number of hydrogen-bond donors (Lipinski definition) is 1. The summed E-state index contributed by atoms with van der Waals surface area (Å²) in [5.41, 5.74) is 2.26. The molecule has 0 aliphatic rings. The highest BCUT2D eigenvalue weighted by Gasteiger charge is 2.06. The Labute approximate surface area is 131 Å². The lowest BCUT2D eigenvalue weighted by atomic mass is 10.1. The fraction of sp³-hybridized carbons (Fsp3) is 0.353. The number of hydrogen-bond acceptors (Lipinski definition) is 3. The maximum absolute atomic E-state index is 5.87. The van der Waals surface area contributed by atoms with Crippen molar-refractivity contribution >= 4 is 11.6 Å². The molecule has 1 heterocycles. The second-order valence-electron chi connectivity index (χ2n) is 5.02. The van der Waals surface area contributed by atoms with Crippen molar-refractivity contribution in [1.29, 1.82) is 0 Å². The van der Waals surface area contributed by atoms with Crippen LogP contribution in [0.5, 0.6) is 5.88 Å². The molecule has 1 N–H and O–H groups in total. The van der Waals surface area contributed by atoms with Crippen molar-refractivity contribution in [2.75, 3.05) is 6.54 Å². The lowest BCUT2D eigenvalue weighted by molar-refractivity contribution is 0.293. The van der Waals surface area contributed by atoms with Gasteiger partial charge in [0.1, 0.15) is 6.61 Å². The van der Waals surface area contributed by atoms with E-state index in [2.05, 4.69) is 24.1 Å². The Balaban J connectivity index is 1.95. The summed E-state index contributed by atoms with van der Waals surface area (Å²) in [5.74, 6) is 0.646. The largest absolute Gasteiger partial charge is 0.473 e. The van der Waals surface area contributed by atoms with Crippen molar-refractivity contribution in [3.05, 3.63) is 58.7 Å². The number of benzene rings is 1. The van der Waals surface area contributed by atoms with Crippen LogP contribution in [0.1, 0.15) is 37.4 Å². The third-order valence-corrected chi connectivity index (χ3v) is 3.51. The molecule has 0 fully saturated rings. The van der Waals surface area contributed by atoms with Gasteiger partial charge in [0.25, 0.3) is 0 Å². The molecule has 0 amide bonds. The van der Waals surface area contributed by atoms with Gasteiger partial charge in [0, 0.05) is 23.3 Å². The Hall–Kier alpha value is -1.58. The van der Waals surface area contributed by atoms with E-state index in [9.17, 15) is 0 Å². The predicted octanol–water partition coefficient (Wildman–Crippen LogP) is 4.37. The Morgan fingerprint density at radius 2 is 2.00 bits per heavy atom. The molecule has 0 spiro atoms. The minimum Gasteiger partial charge on any atom is -0.473 e. The van der Waals surface area contributed by atoms with Crippen LogP contribution >= 0.6 is 11.6 Å². The smallest absolute Gasteiger partial charge is 0.213 e. The fourth-order valence-electron chi connectivity index (χ4n) is 1.99. The predicted molar refractivity (Wildman–Crippen MR) is 86.7 cm³/mol. The number of rotatable bonds is 7. The van der Waals surface area contributed by atoms with E-state index in [1.54, 1.807) is 6.20 Å². The second kappa shape index (κ2) is 8.01. The van der Waals surface area contributed by atoms with Crippen LogP contribution in [0.3, 0.4) is 0 Å². The average molecular weight is 305 g/mol. The van der Waals surface area contributed by atoms with Crippen LogP contribution in [0.2, 0.25) is 5.02 Å². The standard InChI is InChI=1S/C17H21ClN2O/c1-3-9-19-13(2)15-8-10-20-17(11-15)21-12-14-4-6-16(18)7-5-14/h4-8,10-11,13,19H,3,9,12H2,1-2H3. The van der Waals surface area contributed by atoms with Crippen molar-refractivity contribution in [2.45, 2.75) is 32.9 Å². The average Bonchev–Trinajstić information content (AvgIpc) is 2.52. The van der Waals surface area contributed by atoms with E-state index in [1.807, 2.05) is 36.4 Å². The van der Waals surface area contributed by atoms with E-state index in [4.69, 9.17) is 16.3 Å². The van der Waals surface area contributed by atoms with Gasteiger partial charge in [0.2, 0.25) is 5.88 Å². The molecule has 0 saturated heterocycles. The monoisotopic (exact) mass is 304 g/mol. The number of ether oxygens (including phenoxy) is 1. The quantitative estimate of drug-likeness (QED) is 0.824. The molecule has 1 aromatic carbocycles. The summed E-state index contributed by atoms with van der Waals surface area (Å²) in [6.45, 7) is 5.80. The van der Waals surface area contributed by atoms with Crippen molar-refractivity contribution in [3.8, 4) is 5.88 Å². The Morgan fingerprint density at radius 3 is 2.71 bits per heavy atom. The van der Waals surface area contributed by atoms with E-state index in [-0.39, 0.29) is 0 Å². The molecule has 0 bridgehead atoms. The molecule has 21 heavy (non-hydrogen) atoms. The van der Waals surface area contributed by atoms with Crippen LogP contribution in [0.15, 0.2) is 42.6 Å². The molecule has 0 aliphatic carbocycles. The Bertz CT molecular complexity index is 557. The number of nitrogens with one attached hydrogen (secondary N) is 1. The maximum Gasteiger partial charge on any atom is 0.213 e. The summed E-state index contributed by atoms with van der Waals surface area (Å²) in [6, 6.07) is 11.9. The molecule has 0 aliphatic heterocycles. The van der Waals surface area contributed by atoms with Gasteiger partial charge in [-0.25, -0.2) is 4.98 Å². The van der Waals surface area contributed by atoms with Gasteiger partial charge in [-0.3, -0.25) is 0 Å². The zero-order valence-corrected chi connectivity index (χ0v) is 13.2. The van der Waals surface area contributed by atoms with Crippen LogP contribution in [0.4, 0.5) is 0 Å². The van der Waals surface area contributed by atoms with Gasteiger partial charge < -0.3 is 10.1 Å². The van der Waals surface area contributed by atoms with E-state index >= 15 is 0 Å². The highest BCUT2D eigenvalue weighted by molar-refractivity contribution is 6.30. The first-order valence-corrected chi connectivity index (χ1v) is 7.63.